The lowest BCUT2D eigenvalue weighted by Crippen LogP contribution is -2.24. The number of amides is 1. The van der Waals surface area contributed by atoms with E-state index in [9.17, 15) is 4.79 Å². The molecule has 0 atom stereocenters. The smallest absolute Gasteiger partial charge is 0.277 e. The molecule has 2 aromatic carbocycles. The lowest BCUT2D eigenvalue weighted by atomic mass is 10.1. The van der Waals surface area contributed by atoms with Crippen molar-refractivity contribution in [2.24, 2.45) is 5.10 Å². The number of nitrogens with zero attached hydrogens (tertiary/aromatic N) is 1. The summed E-state index contributed by atoms with van der Waals surface area (Å²) in [4.78, 5) is 11.9. The fraction of sp³-hybridized carbons (Fsp3) is 0.300. The van der Waals surface area contributed by atoms with Gasteiger partial charge in [-0.25, -0.2) is 5.43 Å². The highest BCUT2D eigenvalue weighted by atomic mass is 79.9. The Morgan fingerprint density at radius 3 is 2.67 bits per heavy atom. The largest absolute Gasteiger partial charge is 0.493 e. The summed E-state index contributed by atoms with van der Waals surface area (Å²) >= 11 is 3.45. The number of nitrogens with one attached hydrogen (secondary N) is 1. The molecule has 0 radical (unpaired) electrons. The van der Waals surface area contributed by atoms with Crippen LogP contribution in [0, 0.1) is 13.8 Å². The van der Waals surface area contributed by atoms with Crippen molar-refractivity contribution in [2.75, 3.05) is 20.3 Å². The Morgan fingerprint density at radius 2 is 1.96 bits per heavy atom. The second-order valence-electron chi connectivity index (χ2n) is 5.82. The number of methoxy groups -OCH3 is 1. The van der Waals surface area contributed by atoms with Gasteiger partial charge in [0.05, 0.1) is 24.4 Å². The molecule has 0 saturated heterocycles. The molecular weight excluding hydrogens is 412 g/mol. The lowest BCUT2D eigenvalue weighted by molar-refractivity contribution is -0.123. The number of rotatable bonds is 8. The third-order valence-electron chi connectivity index (χ3n) is 3.65. The molecule has 0 bridgehead atoms. The van der Waals surface area contributed by atoms with Crippen molar-refractivity contribution in [3.05, 3.63) is 51.5 Å². The fourth-order valence-corrected chi connectivity index (χ4v) is 2.89. The van der Waals surface area contributed by atoms with Crippen LogP contribution in [0.15, 0.2) is 39.9 Å². The minimum Gasteiger partial charge on any atom is -0.493 e. The molecule has 2 rings (SSSR count). The van der Waals surface area contributed by atoms with Crippen LogP contribution in [0.4, 0.5) is 0 Å². The van der Waals surface area contributed by atoms with Crippen LogP contribution < -0.4 is 19.6 Å². The van der Waals surface area contributed by atoms with E-state index in [1.54, 1.807) is 13.2 Å². The third kappa shape index (κ3) is 5.99. The van der Waals surface area contributed by atoms with Crippen LogP contribution in [0.25, 0.3) is 0 Å². The van der Waals surface area contributed by atoms with Gasteiger partial charge in [-0.15, -0.1) is 0 Å². The monoisotopic (exact) mass is 434 g/mol. The topological polar surface area (TPSA) is 69.2 Å². The van der Waals surface area contributed by atoms with Gasteiger partial charge in [0.15, 0.2) is 18.1 Å². The van der Waals surface area contributed by atoms with E-state index in [1.807, 2.05) is 45.0 Å². The van der Waals surface area contributed by atoms with E-state index in [0.29, 0.717) is 23.9 Å². The number of benzene rings is 2. The van der Waals surface area contributed by atoms with Gasteiger partial charge in [-0.1, -0.05) is 12.1 Å². The first kappa shape index (κ1) is 20.8. The van der Waals surface area contributed by atoms with E-state index in [-0.39, 0.29) is 12.5 Å². The van der Waals surface area contributed by atoms with Gasteiger partial charge in [-0.2, -0.15) is 5.10 Å². The highest BCUT2D eigenvalue weighted by Crippen LogP contribution is 2.36. The minimum atomic E-state index is -0.343. The van der Waals surface area contributed by atoms with Gasteiger partial charge in [-0.3, -0.25) is 4.79 Å². The predicted octanol–water partition coefficient (Wildman–Crippen LogP) is 4.00. The fourth-order valence-electron chi connectivity index (χ4n) is 2.32. The SMILES string of the molecule is CCOc1c(Br)cc(/C=N/NC(=O)COc2cc(C)ccc2C)cc1OC. The van der Waals surface area contributed by atoms with Crippen LogP contribution in [0.1, 0.15) is 23.6 Å². The van der Waals surface area contributed by atoms with E-state index in [4.69, 9.17) is 14.2 Å². The molecule has 0 spiro atoms. The van der Waals surface area contributed by atoms with Gasteiger partial charge in [0.1, 0.15) is 5.75 Å². The summed E-state index contributed by atoms with van der Waals surface area (Å²) in [6.07, 6.45) is 1.53. The van der Waals surface area contributed by atoms with Crippen molar-refractivity contribution in [3.63, 3.8) is 0 Å². The van der Waals surface area contributed by atoms with Crippen LogP contribution in [0.5, 0.6) is 17.2 Å². The van der Waals surface area contributed by atoms with Crippen LogP contribution >= 0.6 is 15.9 Å². The second kappa shape index (κ2) is 9.97. The maximum atomic E-state index is 11.9. The van der Waals surface area contributed by atoms with Crippen LogP contribution in [-0.4, -0.2) is 32.4 Å². The summed E-state index contributed by atoms with van der Waals surface area (Å²) in [7, 11) is 1.57. The molecule has 0 aliphatic carbocycles. The summed E-state index contributed by atoms with van der Waals surface area (Å²) in [6, 6.07) is 9.46. The number of carbonyl (C=O) groups is 1. The van der Waals surface area contributed by atoms with Crippen LogP contribution in [0.2, 0.25) is 0 Å². The van der Waals surface area contributed by atoms with Gasteiger partial charge in [0, 0.05) is 0 Å². The normalized spacial score (nSPS) is 10.7. The number of hydrogen-bond acceptors (Lipinski definition) is 5. The molecule has 0 fully saturated rings. The van der Waals surface area contributed by atoms with Gasteiger partial charge in [0.25, 0.3) is 5.91 Å². The quantitative estimate of drug-likeness (QED) is 0.503. The molecule has 0 aromatic heterocycles. The van der Waals surface area contributed by atoms with Crippen molar-refractivity contribution in [3.8, 4) is 17.2 Å². The maximum Gasteiger partial charge on any atom is 0.277 e. The van der Waals surface area contributed by atoms with Gasteiger partial charge >= 0.3 is 0 Å². The number of hydrazone groups is 1. The zero-order chi connectivity index (χ0) is 19.8. The Hall–Kier alpha value is -2.54. The summed E-state index contributed by atoms with van der Waals surface area (Å²) in [5.74, 6) is 1.55. The average molecular weight is 435 g/mol. The Bertz CT molecular complexity index is 837. The molecular formula is C20H23BrN2O4. The Kier molecular flexibility index (Phi) is 7.67. The van der Waals surface area contributed by atoms with E-state index in [2.05, 4.69) is 26.5 Å². The lowest BCUT2D eigenvalue weighted by Gasteiger charge is -2.12. The van der Waals surface area contributed by atoms with Crippen molar-refractivity contribution in [2.45, 2.75) is 20.8 Å². The number of carbonyl (C=O) groups excluding carboxylic acids is 1. The van der Waals surface area contributed by atoms with Crippen molar-refractivity contribution in [1.29, 1.82) is 0 Å². The zero-order valence-corrected chi connectivity index (χ0v) is 17.4. The van der Waals surface area contributed by atoms with Gasteiger partial charge < -0.3 is 14.2 Å². The first-order chi connectivity index (χ1) is 12.9. The second-order valence-corrected chi connectivity index (χ2v) is 6.67. The average Bonchev–Trinajstić information content (AvgIpc) is 2.64. The van der Waals surface area contributed by atoms with E-state index in [1.165, 1.54) is 6.21 Å². The number of ether oxygens (including phenoxy) is 3. The molecule has 0 heterocycles. The molecule has 27 heavy (non-hydrogen) atoms. The maximum absolute atomic E-state index is 11.9. The first-order valence-electron chi connectivity index (χ1n) is 8.46. The molecule has 6 nitrogen and oxygen atoms in total. The Balaban J connectivity index is 1.95. The summed E-state index contributed by atoms with van der Waals surface area (Å²) in [5.41, 5.74) is 5.25. The predicted molar refractivity (Wildman–Crippen MR) is 109 cm³/mol. The Labute approximate surface area is 167 Å². The van der Waals surface area contributed by atoms with E-state index in [0.717, 1.165) is 21.2 Å². The molecule has 1 amide bonds. The summed E-state index contributed by atoms with van der Waals surface area (Å²) in [5, 5.41) is 3.96. The van der Waals surface area contributed by atoms with Gasteiger partial charge in [-0.05, 0) is 71.6 Å². The van der Waals surface area contributed by atoms with Gasteiger partial charge in [0.2, 0.25) is 0 Å². The summed E-state index contributed by atoms with van der Waals surface area (Å²) in [6.45, 7) is 6.22. The van der Waals surface area contributed by atoms with Crippen molar-refractivity contribution >= 4 is 28.1 Å². The van der Waals surface area contributed by atoms with Crippen LogP contribution in [0.3, 0.4) is 0 Å². The zero-order valence-electron chi connectivity index (χ0n) is 15.8. The molecule has 7 heteroatoms. The van der Waals surface area contributed by atoms with E-state index >= 15 is 0 Å². The summed E-state index contributed by atoms with van der Waals surface area (Å²) < 4.78 is 17.2. The minimum absolute atomic E-state index is 0.113. The highest BCUT2D eigenvalue weighted by Gasteiger charge is 2.10. The highest BCUT2D eigenvalue weighted by molar-refractivity contribution is 9.10. The molecule has 0 unspecified atom stereocenters. The Morgan fingerprint density at radius 1 is 1.19 bits per heavy atom. The molecule has 2 aromatic rings. The van der Waals surface area contributed by atoms with E-state index < -0.39 is 0 Å². The number of hydrogen-bond donors (Lipinski definition) is 1. The number of aryl methyl sites for hydroxylation is 2. The molecule has 1 N–H and O–H groups in total. The first-order valence-corrected chi connectivity index (χ1v) is 9.26. The molecule has 0 saturated carbocycles. The molecule has 144 valence electrons. The third-order valence-corrected chi connectivity index (χ3v) is 4.23. The van der Waals surface area contributed by atoms with Crippen molar-refractivity contribution < 1.29 is 19.0 Å². The number of halogens is 1. The molecule has 0 aliphatic rings. The van der Waals surface area contributed by atoms with Crippen molar-refractivity contribution in [1.82, 2.24) is 5.43 Å². The van der Waals surface area contributed by atoms with Crippen LogP contribution in [-0.2, 0) is 4.79 Å². The standard InChI is InChI=1S/C20H23BrN2O4/c1-5-26-20-16(21)9-15(10-18(20)25-4)11-22-23-19(24)12-27-17-8-13(2)6-7-14(17)3/h6-11H,5,12H2,1-4H3,(H,23,24)/b22-11+. The molecule has 0 aliphatic heterocycles.